The van der Waals surface area contributed by atoms with E-state index in [1.54, 1.807) is 17.0 Å². The van der Waals surface area contributed by atoms with Gasteiger partial charge in [-0.25, -0.2) is 0 Å². The van der Waals surface area contributed by atoms with E-state index in [9.17, 15) is 14.9 Å². The first-order chi connectivity index (χ1) is 15.8. The van der Waals surface area contributed by atoms with E-state index in [0.717, 1.165) is 10.6 Å². The number of nitrogens with zero attached hydrogens (tertiary/aromatic N) is 2. The average molecular weight is 483 g/mol. The number of amides is 1. The smallest absolute Gasteiger partial charge is 0.296 e. The summed E-state index contributed by atoms with van der Waals surface area (Å²) in [4.78, 5) is 25.5. The topological polar surface area (TPSA) is 111 Å². The van der Waals surface area contributed by atoms with Crippen molar-refractivity contribution in [1.82, 2.24) is 0 Å². The van der Waals surface area contributed by atoms with Gasteiger partial charge in [0.15, 0.2) is 5.11 Å². The van der Waals surface area contributed by atoms with Crippen LogP contribution in [-0.4, -0.2) is 29.3 Å². The van der Waals surface area contributed by atoms with Gasteiger partial charge in [0.2, 0.25) is 5.91 Å². The maximum atomic E-state index is 11.7. The van der Waals surface area contributed by atoms with Gasteiger partial charge in [-0.1, -0.05) is 30.3 Å². The number of methoxy groups -OCH3 is 1. The number of thiocarbonyl (C=S) groups is 1. The van der Waals surface area contributed by atoms with Crippen LogP contribution in [0.4, 0.5) is 22.7 Å². The van der Waals surface area contributed by atoms with Crippen molar-refractivity contribution < 1.29 is 14.5 Å². The molecule has 0 bridgehead atoms. The predicted molar refractivity (Wildman–Crippen MR) is 136 cm³/mol. The van der Waals surface area contributed by atoms with Crippen LogP contribution < -0.4 is 20.7 Å². The van der Waals surface area contributed by atoms with E-state index in [1.807, 2.05) is 48.7 Å². The van der Waals surface area contributed by atoms with Gasteiger partial charge in [0.25, 0.3) is 5.69 Å². The van der Waals surface area contributed by atoms with Crippen molar-refractivity contribution in [1.29, 1.82) is 0 Å². The second-order valence-electron chi connectivity index (χ2n) is 6.85. The van der Waals surface area contributed by atoms with Crippen LogP contribution in [-0.2, 0) is 11.2 Å². The van der Waals surface area contributed by atoms with Crippen LogP contribution in [0, 0.1) is 10.1 Å². The molecule has 8 nitrogen and oxygen atoms in total. The molecule has 3 aromatic carbocycles. The van der Waals surface area contributed by atoms with Gasteiger partial charge >= 0.3 is 0 Å². The minimum atomic E-state index is -0.505. The lowest BCUT2D eigenvalue weighted by molar-refractivity contribution is -0.384. The third-order valence-electron chi connectivity index (χ3n) is 4.77. The Morgan fingerprint density at radius 3 is 2.45 bits per heavy atom. The van der Waals surface area contributed by atoms with Crippen LogP contribution in [0.25, 0.3) is 0 Å². The summed E-state index contributed by atoms with van der Waals surface area (Å²) >= 11 is 7.27. The van der Waals surface area contributed by atoms with Crippen LogP contribution in [0.3, 0.4) is 0 Å². The van der Waals surface area contributed by atoms with Gasteiger partial charge in [-0.15, -0.1) is 11.8 Å². The van der Waals surface area contributed by atoms with Gasteiger partial charge < -0.3 is 15.8 Å². The van der Waals surface area contributed by atoms with E-state index in [4.69, 9.17) is 22.7 Å². The highest BCUT2D eigenvalue weighted by Gasteiger charge is 2.24. The Morgan fingerprint density at radius 1 is 1.15 bits per heavy atom. The van der Waals surface area contributed by atoms with E-state index in [1.165, 1.54) is 31.0 Å². The zero-order chi connectivity index (χ0) is 24.0. The monoisotopic (exact) mass is 482 g/mol. The molecule has 0 fully saturated rings. The lowest BCUT2D eigenvalue weighted by Crippen LogP contribution is -2.32. The third kappa shape index (κ3) is 5.60. The quantitative estimate of drug-likeness (QED) is 0.202. The van der Waals surface area contributed by atoms with Crippen molar-refractivity contribution in [2.24, 2.45) is 5.73 Å². The second kappa shape index (κ2) is 10.8. The lowest BCUT2D eigenvalue weighted by atomic mass is 10.1. The van der Waals surface area contributed by atoms with Crippen molar-refractivity contribution in [3.05, 3.63) is 82.4 Å². The van der Waals surface area contributed by atoms with Crippen molar-refractivity contribution in [2.45, 2.75) is 11.3 Å². The lowest BCUT2D eigenvalue weighted by Gasteiger charge is -2.29. The van der Waals surface area contributed by atoms with Gasteiger partial charge in [-0.05, 0) is 54.4 Å². The fourth-order valence-electron chi connectivity index (χ4n) is 3.30. The molecule has 0 unspecified atom stereocenters. The number of para-hydroxylation sites is 2. The van der Waals surface area contributed by atoms with Crippen LogP contribution in [0.15, 0.2) is 71.6 Å². The van der Waals surface area contributed by atoms with Crippen LogP contribution in [0.1, 0.15) is 5.56 Å². The number of rotatable bonds is 8. The molecule has 0 saturated heterocycles. The summed E-state index contributed by atoms with van der Waals surface area (Å²) in [5.41, 5.74) is 7.58. The molecule has 3 N–H and O–H groups in total. The fraction of sp³-hybridized carbons (Fsp3) is 0.130. The molecule has 0 heterocycles. The molecule has 3 rings (SSSR count). The highest BCUT2D eigenvalue weighted by molar-refractivity contribution is 7.98. The molecular formula is C23H22N4O4S2. The maximum Gasteiger partial charge on any atom is 0.296 e. The number of carbonyl (C=O) groups excluding carboxylic acids is 1. The molecule has 3 aromatic rings. The van der Waals surface area contributed by atoms with Gasteiger partial charge in [0.1, 0.15) is 11.4 Å². The molecule has 0 aliphatic heterocycles. The number of hydrogen-bond acceptors (Lipinski definition) is 6. The normalized spacial score (nSPS) is 10.4. The molecule has 0 saturated carbocycles. The predicted octanol–water partition coefficient (Wildman–Crippen LogP) is 4.89. The summed E-state index contributed by atoms with van der Waals surface area (Å²) in [6.07, 6.45) is 1.95. The van der Waals surface area contributed by atoms with E-state index in [0.29, 0.717) is 17.0 Å². The maximum absolute atomic E-state index is 11.7. The molecule has 0 aromatic heterocycles. The molecule has 10 heteroatoms. The zero-order valence-corrected chi connectivity index (χ0v) is 19.6. The Bertz CT molecular complexity index is 1200. The minimum Gasteiger partial charge on any atom is -0.496 e. The summed E-state index contributed by atoms with van der Waals surface area (Å²) in [6, 6.07) is 19.4. The van der Waals surface area contributed by atoms with Crippen molar-refractivity contribution >= 4 is 57.7 Å². The highest BCUT2D eigenvalue weighted by Crippen LogP contribution is 2.37. The summed E-state index contributed by atoms with van der Waals surface area (Å²) in [5, 5.41) is 14.9. The first kappa shape index (κ1) is 24.0. The fourth-order valence-corrected chi connectivity index (χ4v) is 4.19. The molecule has 1 amide bonds. The number of anilines is 3. The standard InChI is InChI=1S/C23H22N4O4S2/c1-31-16-11-12-17(20(14-16)27(29)30)25-23(32)26(19-9-5-6-10-21(19)33-2)18-8-4-3-7-15(18)13-22(24)28/h3-12,14H,13H2,1-2H3,(H2,24,28)(H,25,32). The number of nitrogens with one attached hydrogen (secondary N) is 1. The van der Waals surface area contributed by atoms with Gasteiger partial charge in [-0.3, -0.25) is 19.8 Å². The number of thioether (sulfide) groups is 1. The first-order valence-electron chi connectivity index (χ1n) is 9.78. The molecule has 33 heavy (non-hydrogen) atoms. The summed E-state index contributed by atoms with van der Waals surface area (Å²) in [6.45, 7) is 0. The van der Waals surface area contributed by atoms with Crippen molar-refractivity contribution in [3.8, 4) is 5.75 Å². The number of benzene rings is 3. The Labute approximate surface area is 200 Å². The molecule has 0 aliphatic rings. The number of nitro benzene ring substituents is 1. The Kier molecular flexibility index (Phi) is 7.86. The van der Waals surface area contributed by atoms with Gasteiger partial charge in [0.05, 0.1) is 35.9 Å². The minimum absolute atomic E-state index is 0.0133. The molecule has 170 valence electrons. The SMILES string of the molecule is COc1ccc(NC(=S)N(c2ccccc2CC(N)=O)c2ccccc2SC)c([N+](=O)[O-])c1. The number of primary amides is 1. The van der Waals surface area contributed by atoms with Gasteiger partial charge in [-0.2, -0.15) is 0 Å². The van der Waals surface area contributed by atoms with Crippen LogP contribution >= 0.6 is 24.0 Å². The van der Waals surface area contributed by atoms with Crippen LogP contribution in [0.2, 0.25) is 0 Å². The highest BCUT2D eigenvalue weighted by atomic mass is 32.2. The number of nitrogens with two attached hydrogens (primary N) is 1. The summed E-state index contributed by atoms with van der Waals surface area (Å²) in [7, 11) is 1.44. The van der Waals surface area contributed by atoms with Crippen LogP contribution in [0.5, 0.6) is 5.75 Å². The molecular weight excluding hydrogens is 460 g/mol. The van der Waals surface area contributed by atoms with Crippen molar-refractivity contribution in [2.75, 3.05) is 23.6 Å². The van der Waals surface area contributed by atoms with E-state index in [-0.39, 0.29) is 22.9 Å². The number of hydrogen-bond donors (Lipinski definition) is 2. The molecule has 0 spiro atoms. The Morgan fingerprint density at radius 2 is 1.82 bits per heavy atom. The van der Waals surface area contributed by atoms with E-state index < -0.39 is 10.8 Å². The molecule has 0 atom stereocenters. The molecule has 0 radical (unpaired) electrons. The van der Waals surface area contributed by atoms with E-state index in [2.05, 4.69) is 5.32 Å². The number of nitro groups is 1. The average Bonchev–Trinajstić information content (AvgIpc) is 2.80. The number of carbonyl (C=O) groups is 1. The Balaban J connectivity index is 2.13. The second-order valence-corrected chi connectivity index (χ2v) is 8.08. The number of ether oxygens (including phenoxy) is 1. The largest absolute Gasteiger partial charge is 0.496 e. The van der Waals surface area contributed by atoms with Gasteiger partial charge in [0, 0.05) is 4.90 Å². The van der Waals surface area contributed by atoms with Crippen molar-refractivity contribution in [3.63, 3.8) is 0 Å². The zero-order valence-electron chi connectivity index (χ0n) is 18.0. The summed E-state index contributed by atoms with van der Waals surface area (Å²) < 4.78 is 5.11. The summed E-state index contributed by atoms with van der Waals surface area (Å²) in [5.74, 6) is -0.125. The Hall–Kier alpha value is -3.63. The first-order valence-corrected chi connectivity index (χ1v) is 11.4. The van der Waals surface area contributed by atoms with E-state index >= 15 is 0 Å². The third-order valence-corrected chi connectivity index (χ3v) is 5.84. The molecule has 0 aliphatic carbocycles.